The first-order valence-electron chi connectivity index (χ1n) is 9.21. The molecule has 0 saturated heterocycles. The van der Waals surface area contributed by atoms with E-state index in [0.717, 1.165) is 42.8 Å². The number of hydrogen-bond donors (Lipinski definition) is 2. The first-order chi connectivity index (χ1) is 12.3. The van der Waals surface area contributed by atoms with Gasteiger partial charge in [0.05, 0.1) is 12.6 Å². The number of aromatic nitrogens is 4. The molecule has 2 aliphatic carbocycles. The molecular formula is C18H24N6O. The van der Waals surface area contributed by atoms with E-state index in [1.807, 2.05) is 28.9 Å². The van der Waals surface area contributed by atoms with Gasteiger partial charge in [-0.2, -0.15) is 0 Å². The van der Waals surface area contributed by atoms with Crippen molar-refractivity contribution in [3.8, 4) is 11.4 Å². The van der Waals surface area contributed by atoms with Crippen LogP contribution in [0.3, 0.4) is 0 Å². The molecule has 1 aromatic carbocycles. The van der Waals surface area contributed by atoms with Crippen molar-refractivity contribution in [2.24, 2.45) is 0 Å². The summed E-state index contributed by atoms with van der Waals surface area (Å²) in [5, 5.41) is 18.3. The third kappa shape index (κ3) is 3.97. The summed E-state index contributed by atoms with van der Waals surface area (Å²) in [5.41, 5.74) is 1.92. The number of tetrazole rings is 1. The SMILES string of the molecule is O=C(CNc1ccc(-c2nnnn2C2CC2)cc1)NC1CCCCC1. The highest BCUT2D eigenvalue weighted by atomic mass is 16.1. The van der Waals surface area contributed by atoms with E-state index >= 15 is 0 Å². The van der Waals surface area contributed by atoms with Crippen LogP contribution in [0.25, 0.3) is 11.4 Å². The van der Waals surface area contributed by atoms with Gasteiger partial charge in [-0.05, 0) is 60.4 Å². The third-order valence-corrected chi connectivity index (χ3v) is 4.95. The molecule has 1 heterocycles. The maximum Gasteiger partial charge on any atom is 0.239 e. The van der Waals surface area contributed by atoms with Crippen LogP contribution < -0.4 is 10.6 Å². The van der Waals surface area contributed by atoms with Crippen LogP contribution >= 0.6 is 0 Å². The first kappa shape index (κ1) is 16.1. The van der Waals surface area contributed by atoms with Gasteiger partial charge in [0, 0.05) is 17.3 Å². The Morgan fingerprint density at radius 2 is 1.84 bits per heavy atom. The zero-order valence-corrected chi connectivity index (χ0v) is 14.3. The van der Waals surface area contributed by atoms with Gasteiger partial charge < -0.3 is 10.6 Å². The molecule has 2 N–H and O–H groups in total. The Hall–Kier alpha value is -2.44. The van der Waals surface area contributed by atoms with Gasteiger partial charge in [0.1, 0.15) is 0 Å². The number of carbonyl (C=O) groups is 1. The molecule has 0 spiro atoms. The molecule has 7 heteroatoms. The van der Waals surface area contributed by atoms with E-state index in [2.05, 4.69) is 26.2 Å². The molecule has 1 amide bonds. The van der Waals surface area contributed by atoms with E-state index in [0.29, 0.717) is 18.6 Å². The van der Waals surface area contributed by atoms with Crippen LogP contribution in [0.2, 0.25) is 0 Å². The minimum Gasteiger partial charge on any atom is -0.376 e. The summed E-state index contributed by atoms with van der Waals surface area (Å²) < 4.78 is 1.90. The zero-order chi connectivity index (χ0) is 17.1. The molecule has 0 unspecified atom stereocenters. The summed E-state index contributed by atoms with van der Waals surface area (Å²) in [4.78, 5) is 12.1. The number of nitrogens with one attached hydrogen (secondary N) is 2. The van der Waals surface area contributed by atoms with Crippen LogP contribution in [0.15, 0.2) is 24.3 Å². The van der Waals surface area contributed by atoms with Crippen LogP contribution in [0.1, 0.15) is 51.0 Å². The quantitative estimate of drug-likeness (QED) is 0.844. The summed E-state index contributed by atoms with van der Waals surface area (Å²) >= 11 is 0. The number of nitrogens with zero attached hydrogens (tertiary/aromatic N) is 4. The summed E-state index contributed by atoms with van der Waals surface area (Å²) in [6, 6.07) is 8.72. The van der Waals surface area contributed by atoms with Gasteiger partial charge in [0.2, 0.25) is 5.91 Å². The second-order valence-corrected chi connectivity index (χ2v) is 7.01. The van der Waals surface area contributed by atoms with Crippen LogP contribution in [0, 0.1) is 0 Å². The molecule has 2 aliphatic rings. The Bertz CT molecular complexity index is 715. The van der Waals surface area contributed by atoms with Gasteiger partial charge in [0.25, 0.3) is 0 Å². The Morgan fingerprint density at radius 3 is 2.56 bits per heavy atom. The summed E-state index contributed by atoms with van der Waals surface area (Å²) in [6.45, 7) is 0.301. The largest absolute Gasteiger partial charge is 0.376 e. The molecule has 2 saturated carbocycles. The Kier molecular flexibility index (Phi) is 4.63. The predicted molar refractivity (Wildman–Crippen MR) is 95.0 cm³/mol. The molecule has 1 aromatic heterocycles. The van der Waals surface area contributed by atoms with E-state index < -0.39 is 0 Å². The van der Waals surface area contributed by atoms with Gasteiger partial charge in [-0.1, -0.05) is 19.3 Å². The smallest absolute Gasteiger partial charge is 0.239 e. The molecule has 0 aliphatic heterocycles. The second-order valence-electron chi connectivity index (χ2n) is 7.01. The Morgan fingerprint density at radius 1 is 1.08 bits per heavy atom. The molecule has 0 bridgehead atoms. The van der Waals surface area contributed by atoms with E-state index in [1.165, 1.54) is 19.3 Å². The Labute approximate surface area is 147 Å². The van der Waals surface area contributed by atoms with Crippen molar-refractivity contribution in [1.82, 2.24) is 25.5 Å². The molecule has 7 nitrogen and oxygen atoms in total. The van der Waals surface area contributed by atoms with Crippen LogP contribution in [-0.4, -0.2) is 38.7 Å². The number of rotatable bonds is 6. The lowest BCUT2D eigenvalue weighted by molar-refractivity contribution is -0.120. The van der Waals surface area contributed by atoms with Crippen molar-refractivity contribution >= 4 is 11.6 Å². The molecule has 0 atom stereocenters. The standard InChI is InChI=1S/C18H24N6O/c25-17(20-15-4-2-1-3-5-15)12-19-14-8-6-13(7-9-14)18-21-22-23-24(18)16-10-11-16/h6-9,15-16,19H,1-5,10-12H2,(H,20,25). The first-order valence-corrected chi connectivity index (χ1v) is 9.21. The van der Waals surface area contributed by atoms with E-state index in [-0.39, 0.29) is 5.91 Å². The molecule has 2 fully saturated rings. The van der Waals surface area contributed by atoms with Crippen LogP contribution in [0.5, 0.6) is 0 Å². The monoisotopic (exact) mass is 340 g/mol. The number of carbonyl (C=O) groups excluding carboxylic acids is 1. The number of hydrogen-bond acceptors (Lipinski definition) is 5. The molecule has 25 heavy (non-hydrogen) atoms. The van der Waals surface area contributed by atoms with Gasteiger partial charge in [-0.25, -0.2) is 4.68 Å². The van der Waals surface area contributed by atoms with Gasteiger partial charge in [0.15, 0.2) is 5.82 Å². The van der Waals surface area contributed by atoms with E-state index in [9.17, 15) is 4.79 Å². The topological polar surface area (TPSA) is 84.7 Å². The fourth-order valence-corrected chi connectivity index (χ4v) is 3.39. The number of benzene rings is 1. The minimum atomic E-state index is 0.0636. The zero-order valence-electron chi connectivity index (χ0n) is 14.3. The predicted octanol–water partition coefficient (Wildman–Crippen LogP) is 2.54. The molecular weight excluding hydrogens is 316 g/mol. The van der Waals surface area contributed by atoms with Gasteiger partial charge >= 0.3 is 0 Å². The van der Waals surface area contributed by atoms with Gasteiger partial charge in [-0.15, -0.1) is 5.10 Å². The highest BCUT2D eigenvalue weighted by Gasteiger charge is 2.28. The molecule has 132 valence electrons. The van der Waals surface area contributed by atoms with Crippen LogP contribution in [-0.2, 0) is 4.79 Å². The van der Waals surface area contributed by atoms with E-state index in [4.69, 9.17) is 0 Å². The average molecular weight is 340 g/mol. The highest BCUT2D eigenvalue weighted by molar-refractivity contribution is 5.81. The summed E-state index contributed by atoms with van der Waals surface area (Å²) in [7, 11) is 0. The maximum atomic E-state index is 12.1. The summed E-state index contributed by atoms with van der Waals surface area (Å²) in [6.07, 6.45) is 8.25. The van der Waals surface area contributed by atoms with Crippen molar-refractivity contribution in [3.63, 3.8) is 0 Å². The van der Waals surface area contributed by atoms with Crippen molar-refractivity contribution in [3.05, 3.63) is 24.3 Å². The lowest BCUT2D eigenvalue weighted by atomic mass is 9.95. The maximum absolute atomic E-state index is 12.1. The third-order valence-electron chi connectivity index (χ3n) is 4.95. The summed E-state index contributed by atoms with van der Waals surface area (Å²) in [5.74, 6) is 0.873. The van der Waals surface area contributed by atoms with Crippen molar-refractivity contribution in [2.45, 2.75) is 57.0 Å². The van der Waals surface area contributed by atoms with Crippen molar-refractivity contribution in [2.75, 3.05) is 11.9 Å². The van der Waals surface area contributed by atoms with Crippen molar-refractivity contribution in [1.29, 1.82) is 0 Å². The lowest BCUT2D eigenvalue weighted by Gasteiger charge is -2.22. The fraction of sp³-hybridized carbons (Fsp3) is 0.556. The van der Waals surface area contributed by atoms with Crippen molar-refractivity contribution < 1.29 is 4.79 Å². The number of amides is 1. The van der Waals surface area contributed by atoms with E-state index in [1.54, 1.807) is 0 Å². The normalized spacial score (nSPS) is 18.1. The van der Waals surface area contributed by atoms with Crippen LogP contribution in [0.4, 0.5) is 5.69 Å². The lowest BCUT2D eigenvalue weighted by Crippen LogP contribution is -2.39. The number of anilines is 1. The fourth-order valence-electron chi connectivity index (χ4n) is 3.39. The Balaban J connectivity index is 1.31. The minimum absolute atomic E-state index is 0.0636. The molecule has 4 rings (SSSR count). The highest BCUT2D eigenvalue weighted by Crippen LogP contribution is 2.36. The molecule has 0 radical (unpaired) electrons. The second kappa shape index (κ2) is 7.21. The average Bonchev–Trinajstić information content (AvgIpc) is 3.38. The molecule has 2 aromatic rings. The van der Waals surface area contributed by atoms with Gasteiger partial charge in [-0.3, -0.25) is 4.79 Å².